The van der Waals surface area contributed by atoms with E-state index in [9.17, 15) is 0 Å². The number of hydrogen-bond donors (Lipinski definition) is 0. The maximum Gasteiger partial charge on any atom is 0.161 e. The number of allylic oxidation sites excluding steroid dienone is 9. The molecule has 296 valence electrons. The molecule has 5 aromatic carbocycles. The fourth-order valence-electron chi connectivity index (χ4n) is 7.52. The monoisotopic (exact) mass is 773 g/mol. The third kappa shape index (κ3) is 9.27. The number of para-hydroxylation sites is 1. The Morgan fingerprint density at radius 2 is 1.44 bits per heavy atom. The molecular formula is C56H55NO2. The van der Waals surface area contributed by atoms with E-state index in [-0.39, 0.29) is 0 Å². The molecular weight excluding hydrogens is 719 g/mol. The molecule has 0 saturated heterocycles. The summed E-state index contributed by atoms with van der Waals surface area (Å²) in [6.45, 7) is 14.8. The van der Waals surface area contributed by atoms with E-state index in [4.69, 9.17) is 8.83 Å². The van der Waals surface area contributed by atoms with Crippen molar-refractivity contribution in [3.05, 3.63) is 204 Å². The van der Waals surface area contributed by atoms with Crippen LogP contribution in [-0.4, -0.2) is 4.57 Å². The van der Waals surface area contributed by atoms with Crippen molar-refractivity contribution in [2.45, 2.75) is 61.3 Å². The minimum atomic E-state index is 0.574. The second kappa shape index (κ2) is 18.8. The average molecular weight is 774 g/mol. The van der Waals surface area contributed by atoms with Crippen molar-refractivity contribution in [3.63, 3.8) is 0 Å². The Bertz CT molecular complexity index is 2800. The summed E-state index contributed by atoms with van der Waals surface area (Å²) in [5.74, 6) is 1.50. The summed E-state index contributed by atoms with van der Waals surface area (Å²) in [7, 11) is 0. The van der Waals surface area contributed by atoms with Gasteiger partial charge in [-0.3, -0.25) is 0 Å². The first-order chi connectivity index (χ1) is 28.7. The van der Waals surface area contributed by atoms with Gasteiger partial charge >= 0.3 is 0 Å². The van der Waals surface area contributed by atoms with Gasteiger partial charge in [-0.2, -0.15) is 0 Å². The summed E-state index contributed by atoms with van der Waals surface area (Å²) < 4.78 is 14.2. The highest BCUT2D eigenvalue weighted by atomic mass is 16.3. The highest BCUT2D eigenvalue weighted by Crippen LogP contribution is 2.42. The van der Waals surface area contributed by atoms with Crippen LogP contribution in [0.1, 0.15) is 74.1 Å². The largest absolute Gasteiger partial charge is 0.464 e. The number of benzene rings is 5. The van der Waals surface area contributed by atoms with Crippen LogP contribution in [0.5, 0.6) is 0 Å². The highest BCUT2D eigenvalue weighted by Gasteiger charge is 2.22. The van der Waals surface area contributed by atoms with Crippen LogP contribution in [0.15, 0.2) is 179 Å². The number of aromatic nitrogens is 1. The molecule has 0 aliphatic heterocycles. The second-order valence-electron chi connectivity index (χ2n) is 15.5. The van der Waals surface area contributed by atoms with Crippen LogP contribution in [0, 0.1) is 26.7 Å². The highest BCUT2D eigenvalue weighted by molar-refractivity contribution is 6.19. The number of hydrogen-bond acceptors (Lipinski definition) is 2. The molecule has 0 spiro atoms. The van der Waals surface area contributed by atoms with Crippen LogP contribution in [0.25, 0.3) is 67.0 Å². The molecule has 0 N–H and O–H groups in total. The SMILES string of the molecule is C/C=C(\C=C/C(C)C)c1ccco1.C/C=C\c1c(C)ccc2oc3c4cc(-c5ccc(C)cc5)ccc4n(-c4ccccc4)c3c12.Cc1ccc(C2=CCCC=C2)cc1. The van der Waals surface area contributed by atoms with Crippen molar-refractivity contribution in [3.8, 4) is 16.8 Å². The van der Waals surface area contributed by atoms with Crippen LogP contribution in [0.3, 0.4) is 0 Å². The van der Waals surface area contributed by atoms with Crippen molar-refractivity contribution in [2.75, 3.05) is 0 Å². The van der Waals surface area contributed by atoms with E-state index in [0.29, 0.717) is 5.92 Å². The van der Waals surface area contributed by atoms with E-state index in [0.717, 1.165) is 44.6 Å². The summed E-state index contributed by atoms with van der Waals surface area (Å²) in [5.41, 5.74) is 16.6. The van der Waals surface area contributed by atoms with E-state index >= 15 is 0 Å². The van der Waals surface area contributed by atoms with Crippen molar-refractivity contribution >= 4 is 50.2 Å². The average Bonchev–Trinajstić information content (AvgIpc) is 4.00. The molecule has 0 radical (unpaired) electrons. The molecule has 1 aliphatic carbocycles. The zero-order valence-electron chi connectivity index (χ0n) is 35.5. The molecule has 3 aromatic heterocycles. The standard InChI is InChI=1S/C31H25NO.C13H14.C12H16O/c1-4-8-25-21(3)13-18-28-29(25)30-31(33-28)26-19-23(22-14-11-20(2)12-15-22)16-17-27(26)32(30)24-9-6-5-7-10-24;1-11-7-9-13(10-8-11)12-5-3-2-4-6-12;1-4-11(8-7-10(2)3)12-6-5-9-13-12/h4-19H,1-3H3;3,5-10H,2,4H2,1H3;4-10H,1-3H3/b8-4-;;8-7-,11-4+. The summed E-state index contributed by atoms with van der Waals surface area (Å²) in [4.78, 5) is 0. The molecule has 0 amide bonds. The molecule has 3 nitrogen and oxygen atoms in total. The van der Waals surface area contributed by atoms with Crippen molar-refractivity contribution in [2.24, 2.45) is 5.92 Å². The minimum absolute atomic E-state index is 0.574. The van der Waals surface area contributed by atoms with Crippen LogP contribution in [0.4, 0.5) is 0 Å². The first kappa shape index (κ1) is 40.6. The Labute approximate surface area is 350 Å². The molecule has 0 atom stereocenters. The lowest BCUT2D eigenvalue weighted by Crippen LogP contribution is -1.94. The van der Waals surface area contributed by atoms with Crippen LogP contribution < -0.4 is 0 Å². The number of fused-ring (bicyclic) bond motifs is 5. The fraction of sp³-hybridized carbons (Fsp3) is 0.179. The van der Waals surface area contributed by atoms with Gasteiger partial charge in [0.2, 0.25) is 0 Å². The molecule has 1 aliphatic rings. The van der Waals surface area contributed by atoms with Crippen molar-refractivity contribution in [1.82, 2.24) is 4.57 Å². The van der Waals surface area contributed by atoms with Gasteiger partial charge in [-0.05, 0) is 129 Å². The number of aryl methyl sites for hydroxylation is 3. The Balaban J connectivity index is 0.000000166. The Morgan fingerprint density at radius 3 is 2.07 bits per heavy atom. The summed E-state index contributed by atoms with van der Waals surface area (Å²) >= 11 is 0. The van der Waals surface area contributed by atoms with Crippen LogP contribution in [0.2, 0.25) is 0 Å². The van der Waals surface area contributed by atoms with Gasteiger partial charge in [0.05, 0.1) is 17.2 Å². The summed E-state index contributed by atoms with van der Waals surface area (Å²) in [6.07, 6.45) is 21.5. The molecule has 3 heteroatoms. The van der Waals surface area contributed by atoms with E-state index in [1.54, 1.807) is 6.26 Å². The predicted octanol–water partition coefficient (Wildman–Crippen LogP) is 16.5. The molecule has 0 bridgehead atoms. The smallest absolute Gasteiger partial charge is 0.161 e. The predicted molar refractivity (Wildman–Crippen MR) is 254 cm³/mol. The lowest BCUT2D eigenvalue weighted by atomic mass is 9.99. The first-order valence-corrected chi connectivity index (χ1v) is 20.8. The third-order valence-corrected chi connectivity index (χ3v) is 10.7. The number of nitrogens with zero attached hydrogens (tertiary/aromatic N) is 1. The zero-order chi connectivity index (χ0) is 41.3. The number of rotatable bonds is 7. The molecule has 59 heavy (non-hydrogen) atoms. The third-order valence-electron chi connectivity index (χ3n) is 10.7. The molecule has 0 unspecified atom stereocenters. The zero-order valence-corrected chi connectivity index (χ0v) is 35.5. The van der Waals surface area contributed by atoms with Gasteiger partial charge in [0.1, 0.15) is 16.9 Å². The van der Waals surface area contributed by atoms with Gasteiger partial charge < -0.3 is 13.4 Å². The van der Waals surface area contributed by atoms with Gasteiger partial charge in [0.15, 0.2) is 5.58 Å². The van der Waals surface area contributed by atoms with E-state index in [1.165, 1.54) is 62.7 Å². The maximum absolute atomic E-state index is 6.57. The topological polar surface area (TPSA) is 31.2 Å². The lowest BCUT2D eigenvalue weighted by Gasteiger charge is -2.10. The Kier molecular flexibility index (Phi) is 12.9. The van der Waals surface area contributed by atoms with Gasteiger partial charge in [0.25, 0.3) is 0 Å². The molecule has 3 heterocycles. The molecule has 0 saturated carbocycles. The maximum atomic E-state index is 6.57. The van der Waals surface area contributed by atoms with Crippen LogP contribution >= 0.6 is 0 Å². The molecule has 8 aromatic rings. The van der Waals surface area contributed by atoms with Crippen molar-refractivity contribution in [1.29, 1.82) is 0 Å². The van der Waals surface area contributed by atoms with Gasteiger partial charge in [0, 0.05) is 16.6 Å². The van der Waals surface area contributed by atoms with Crippen LogP contribution in [-0.2, 0) is 0 Å². The van der Waals surface area contributed by atoms with E-state index < -0.39 is 0 Å². The second-order valence-corrected chi connectivity index (χ2v) is 15.5. The quantitative estimate of drug-likeness (QED) is 0.151. The lowest BCUT2D eigenvalue weighted by molar-refractivity contribution is 0.554. The Hall–Kier alpha value is -6.58. The van der Waals surface area contributed by atoms with E-state index in [1.807, 2.05) is 19.1 Å². The van der Waals surface area contributed by atoms with Gasteiger partial charge in [-0.1, -0.05) is 152 Å². The Morgan fingerprint density at radius 1 is 0.729 bits per heavy atom. The first-order valence-electron chi connectivity index (χ1n) is 20.8. The molecule has 0 fully saturated rings. The minimum Gasteiger partial charge on any atom is -0.464 e. The number of furan rings is 2. The fourth-order valence-corrected chi connectivity index (χ4v) is 7.52. The molecule has 9 rings (SSSR count). The van der Waals surface area contributed by atoms with Crippen molar-refractivity contribution < 1.29 is 8.83 Å². The summed E-state index contributed by atoms with van der Waals surface area (Å²) in [6, 6.07) is 42.8. The normalized spacial score (nSPS) is 13.0. The summed E-state index contributed by atoms with van der Waals surface area (Å²) in [5, 5.41) is 2.30. The van der Waals surface area contributed by atoms with Gasteiger partial charge in [-0.25, -0.2) is 0 Å². The van der Waals surface area contributed by atoms with E-state index in [2.05, 4.69) is 204 Å². The van der Waals surface area contributed by atoms with Gasteiger partial charge in [-0.15, -0.1) is 0 Å².